The van der Waals surface area contributed by atoms with Gasteiger partial charge in [-0.15, -0.1) is 0 Å². The van der Waals surface area contributed by atoms with E-state index in [0.717, 1.165) is 38.5 Å². The number of unbranched alkanes of at least 4 members (excludes halogenated alkanes) is 2. The molecule has 0 aliphatic carbocycles. The summed E-state index contributed by atoms with van der Waals surface area (Å²) in [6, 6.07) is 11.9. The minimum atomic E-state index is -0.638. The molecule has 0 bridgehead atoms. The van der Waals surface area contributed by atoms with Crippen molar-refractivity contribution in [3.63, 3.8) is 0 Å². The number of nitrogens with zero attached hydrogens (tertiary/aromatic N) is 6. The van der Waals surface area contributed by atoms with E-state index in [9.17, 15) is 29.2 Å². The van der Waals surface area contributed by atoms with Crippen LogP contribution in [0.1, 0.15) is 117 Å². The lowest BCUT2D eigenvalue weighted by molar-refractivity contribution is -0.144. The molecular weight excluding hydrogens is 749 g/mol. The molecular formula is C46H48N6O7. The molecule has 0 fully saturated rings. The first-order valence-electron chi connectivity index (χ1n) is 19.9. The van der Waals surface area contributed by atoms with Gasteiger partial charge >= 0.3 is 11.9 Å². The van der Waals surface area contributed by atoms with Gasteiger partial charge in [0, 0.05) is 70.3 Å². The summed E-state index contributed by atoms with van der Waals surface area (Å²) in [6.07, 6.45) is 18.5. The van der Waals surface area contributed by atoms with Gasteiger partial charge in [0.05, 0.1) is 40.9 Å². The van der Waals surface area contributed by atoms with E-state index in [-0.39, 0.29) is 35.3 Å². The number of pyridine rings is 1. The van der Waals surface area contributed by atoms with Gasteiger partial charge in [-0.05, 0) is 55.0 Å². The molecule has 13 heteroatoms. The number of allylic oxidation sites excluding steroid dienone is 3. The van der Waals surface area contributed by atoms with Gasteiger partial charge < -0.3 is 9.47 Å². The second-order valence-corrected chi connectivity index (χ2v) is 14.0. The van der Waals surface area contributed by atoms with Crippen molar-refractivity contribution >= 4 is 45.8 Å². The number of carbonyl (C=O) groups excluding carboxylic acids is 5. The number of ether oxygens (including phenoxy) is 2. The Labute approximate surface area is 342 Å². The molecule has 6 rings (SSSR count). The van der Waals surface area contributed by atoms with E-state index in [0.29, 0.717) is 68.0 Å². The van der Waals surface area contributed by atoms with E-state index in [2.05, 4.69) is 47.7 Å². The zero-order valence-corrected chi connectivity index (χ0v) is 33.9. The van der Waals surface area contributed by atoms with Crippen LogP contribution in [-0.2, 0) is 19.1 Å². The maximum absolute atomic E-state index is 12.7. The van der Waals surface area contributed by atoms with Gasteiger partial charge in [-0.25, -0.2) is 4.79 Å². The predicted molar refractivity (Wildman–Crippen MR) is 219 cm³/mol. The van der Waals surface area contributed by atoms with Gasteiger partial charge in [0.2, 0.25) is 0 Å². The number of carbonyl (C=O) groups is 5. The lowest BCUT2D eigenvalue weighted by Gasteiger charge is -2.14. The molecule has 2 atom stereocenters. The Morgan fingerprint density at radius 3 is 1.66 bits per heavy atom. The molecule has 0 radical (unpaired) electrons. The number of hydrogen-bond acceptors (Lipinski definition) is 13. The van der Waals surface area contributed by atoms with Crippen molar-refractivity contribution in [1.29, 1.82) is 10.5 Å². The Morgan fingerprint density at radius 1 is 0.695 bits per heavy atom. The molecule has 0 N–H and O–H groups in total. The first-order chi connectivity index (χ1) is 28.6. The van der Waals surface area contributed by atoms with E-state index < -0.39 is 11.9 Å². The fourth-order valence-electron chi connectivity index (χ4n) is 6.32. The average Bonchev–Trinajstić information content (AvgIpc) is 3.24. The molecule has 3 aliphatic rings. The van der Waals surface area contributed by atoms with Crippen LogP contribution in [0.5, 0.6) is 0 Å². The van der Waals surface area contributed by atoms with Crippen LogP contribution < -0.4 is 21.3 Å². The summed E-state index contributed by atoms with van der Waals surface area (Å²) >= 11 is 0. The fourth-order valence-corrected chi connectivity index (χ4v) is 6.32. The van der Waals surface area contributed by atoms with Gasteiger partial charge in [-0.1, -0.05) is 66.2 Å². The lowest BCUT2D eigenvalue weighted by Crippen LogP contribution is -2.27. The molecule has 13 nitrogen and oxygen atoms in total. The van der Waals surface area contributed by atoms with Crippen molar-refractivity contribution in [2.75, 3.05) is 13.2 Å². The third kappa shape index (κ3) is 12.4. The largest absolute Gasteiger partial charge is 0.465 e. The minimum absolute atomic E-state index is 0.0691. The van der Waals surface area contributed by atoms with E-state index in [1.165, 1.54) is 55.9 Å². The highest BCUT2D eigenvalue weighted by atomic mass is 16.5. The summed E-state index contributed by atoms with van der Waals surface area (Å²) in [7, 11) is 0. The number of fused-ring (bicyclic) bond motifs is 4. The highest BCUT2D eigenvalue weighted by Gasteiger charge is 2.19. The van der Waals surface area contributed by atoms with Crippen molar-refractivity contribution in [1.82, 2.24) is 4.98 Å². The second kappa shape index (κ2) is 22.9. The van der Waals surface area contributed by atoms with Gasteiger partial charge in [-0.3, -0.25) is 39.1 Å². The summed E-state index contributed by atoms with van der Waals surface area (Å²) in [5.74, 6) is -0.655. The summed E-state index contributed by atoms with van der Waals surface area (Å²) in [5, 5.41) is 20.5. The minimum Gasteiger partial charge on any atom is -0.465 e. The molecule has 0 saturated carbocycles. The van der Waals surface area contributed by atoms with Crippen LogP contribution in [0.3, 0.4) is 0 Å². The van der Waals surface area contributed by atoms with Crippen LogP contribution in [0.25, 0.3) is 16.5 Å². The first kappa shape index (κ1) is 45.0. The van der Waals surface area contributed by atoms with Crippen molar-refractivity contribution < 1.29 is 33.4 Å². The zero-order valence-electron chi connectivity index (χ0n) is 33.9. The molecule has 3 aliphatic heterocycles. The number of hydrogen-bond donors (Lipinski definition) is 0. The van der Waals surface area contributed by atoms with Crippen molar-refractivity contribution in [2.24, 2.45) is 26.8 Å². The van der Waals surface area contributed by atoms with Crippen molar-refractivity contribution in [3.8, 4) is 12.1 Å². The Morgan fingerprint density at radius 2 is 1.19 bits per heavy atom. The Bertz CT molecular complexity index is 2460. The average molecular weight is 797 g/mol. The third-order valence-electron chi connectivity index (χ3n) is 9.91. The third-order valence-corrected chi connectivity index (χ3v) is 9.91. The SMILES string of the molecule is CCCCC(CC)COC(=O)/C(C#N)=c1\ccnc2cc3c(cc12)=NC=CC3=O.CCCCC(CC)COC(=O)CC#N.O=C1C=CN=c2cc3c(cc21)=NC=CC3=O. The quantitative estimate of drug-likeness (QED) is 0.174. The van der Waals surface area contributed by atoms with Gasteiger partial charge in [-0.2, -0.15) is 10.5 Å². The topological polar surface area (TPSA) is 201 Å². The summed E-state index contributed by atoms with van der Waals surface area (Å²) in [5.41, 5.74) is 1.89. The van der Waals surface area contributed by atoms with Gasteiger partial charge in [0.1, 0.15) is 18.1 Å². The van der Waals surface area contributed by atoms with E-state index >= 15 is 0 Å². The number of esters is 2. The lowest BCUT2D eigenvalue weighted by atomic mass is 10.0. The number of rotatable bonds is 14. The molecule has 0 saturated heterocycles. The van der Waals surface area contributed by atoms with E-state index in [1.54, 1.807) is 36.4 Å². The van der Waals surface area contributed by atoms with Crippen LogP contribution in [0, 0.1) is 34.5 Å². The standard InChI is InChI=1S/C23H23N3O3.C12H6N2O2.C11H19NO2/c1-3-5-6-15(4-2)14-29-23(28)19(13-24)16-7-9-25-20-12-18-21(11-17(16)20)26-10-8-22(18)27;15-11-1-3-13-9-6-8-10(5-7(9)11)14-4-2-12(8)16;1-3-5-6-10(4-2)9-14-11(13)7-8-12/h7-12,15H,3-6,14H2,1-2H3;1-6H;10H,3-7,9H2,1-2H3/b19-16+;;. The van der Waals surface area contributed by atoms with Crippen LogP contribution in [0.2, 0.25) is 0 Å². The molecule has 0 spiro atoms. The highest BCUT2D eigenvalue weighted by Crippen LogP contribution is 2.16. The number of ketones is 3. The number of aromatic nitrogens is 1. The predicted octanol–water partition coefficient (Wildman–Crippen LogP) is 6.00. The van der Waals surface area contributed by atoms with Gasteiger partial charge in [0.15, 0.2) is 17.3 Å². The normalized spacial score (nSPS) is 14.4. The van der Waals surface area contributed by atoms with Crippen molar-refractivity contribution in [3.05, 3.63) is 111 Å². The Kier molecular flexibility index (Phi) is 17.4. The monoisotopic (exact) mass is 796 g/mol. The Hall–Kier alpha value is -6.73. The maximum atomic E-state index is 12.7. The molecule has 304 valence electrons. The first-order valence-corrected chi connectivity index (χ1v) is 19.9. The van der Waals surface area contributed by atoms with Gasteiger partial charge in [0.25, 0.3) is 0 Å². The molecule has 59 heavy (non-hydrogen) atoms. The highest BCUT2D eigenvalue weighted by molar-refractivity contribution is 6.17. The van der Waals surface area contributed by atoms with Crippen molar-refractivity contribution in [2.45, 2.75) is 85.5 Å². The summed E-state index contributed by atoms with van der Waals surface area (Å²) in [6.45, 7) is 9.21. The second-order valence-electron chi connectivity index (χ2n) is 14.0. The van der Waals surface area contributed by atoms with Crippen LogP contribution in [0.15, 0.2) is 88.3 Å². The van der Waals surface area contributed by atoms with Crippen LogP contribution in [-0.4, -0.2) is 47.5 Å². The van der Waals surface area contributed by atoms with E-state index in [4.69, 9.17) is 14.7 Å². The molecule has 3 aromatic rings. The summed E-state index contributed by atoms with van der Waals surface area (Å²) < 4.78 is 10.4. The van der Waals surface area contributed by atoms with Crippen LogP contribution >= 0.6 is 0 Å². The fraction of sp³-hybridized carbons (Fsp3) is 0.370. The zero-order chi connectivity index (χ0) is 42.7. The molecule has 4 heterocycles. The molecule has 1 aromatic heterocycles. The van der Waals surface area contributed by atoms with Crippen LogP contribution in [0.4, 0.5) is 0 Å². The summed E-state index contributed by atoms with van der Waals surface area (Å²) in [4.78, 5) is 75.4. The molecule has 2 aromatic carbocycles. The maximum Gasteiger partial charge on any atom is 0.349 e. The number of nitriles is 2. The Balaban J connectivity index is 0.000000216. The molecule has 0 amide bonds. The van der Waals surface area contributed by atoms with E-state index in [1.807, 2.05) is 6.07 Å². The smallest absolute Gasteiger partial charge is 0.349 e. The molecule has 2 unspecified atom stereocenters. The number of benzene rings is 2.